The molecular formula is C18H19N5O3. The molecule has 1 unspecified atom stereocenters. The first-order valence-corrected chi connectivity index (χ1v) is 8.52. The van der Waals surface area contributed by atoms with Crippen LogP contribution in [-0.2, 0) is 0 Å². The van der Waals surface area contributed by atoms with Crippen molar-refractivity contribution in [3.63, 3.8) is 0 Å². The molecule has 0 radical (unpaired) electrons. The fraction of sp³-hybridized carbons (Fsp3) is 0.333. The summed E-state index contributed by atoms with van der Waals surface area (Å²) >= 11 is 0. The predicted octanol–water partition coefficient (Wildman–Crippen LogP) is 3.90. The molecule has 1 atom stereocenters. The number of para-hydroxylation sites is 1. The van der Waals surface area contributed by atoms with Gasteiger partial charge in [0.25, 0.3) is 0 Å². The third-order valence-electron chi connectivity index (χ3n) is 4.62. The zero-order valence-corrected chi connectivity index (χ0v) is 14.5. The fourth-order valence-corrected chi connectivity index (χ4v) is 2.77. The van der Waals surface area contributed by atoms with E-state index in [2.05, 4.69) is 15.3 Å². The van der Waals surface area contributed by atoms with Crippen LogP contribution in [0.25, 0.3) is 11.0 Å². The molecule has 0 aliphatic heterocycles. The summed E-state index contributed by atoms with van der Waals surface area (Å²) in [5.41, 5.74) is 0.717. The number of fused-ring (bicyclic) bond motifs is 1. The highest BCUT2D eigenvalue weighted by atomic mass is 16.6. The quantitative estimate of drug-likeness (QED) is 0.530. The Morgan fingerprint density at radius 1 is 1.38 bits per heavy atom. The molecule has 134 valence electrons. The molecule has 2 aromatic heterocycles. The van der Waals surface area contributed by atoms with Crippen molar-refractivity contribution in [2.75, 3.05) is 17.3 Å². The van der Waals surface area contributed by atoms with Crippen molar-refractivity contribution >= 4 is 28.4 Å². The number of hydrogen-bond donors (Lipinski definition) is 1. The molecule has 1 aliphatic carbocycles. The molecule has 8 nitrogen and oxygen atoms in total. The van der Waals surface area contributed by atoms with Gasteiger partial charge in [-0.15, -0.1) is 0 Å². The van der Waals surface area contributed by atoms with E-state index < -0.39 is 4.92 Å². The fourth-order valence-electron chi connectivity index (χ4n) is 2.77. The van der Waals surface area contributed by atoms with Crippen molar-refractivity contribution < 1.29 is 9.34 Å². The summed E-state index contributed by atoms with van der Waals surface area (Å²) in [6, 6.07) is 9.93. The zero-order valence-electron chi connectivity index (χ0n) is 14.5. The van der Waals surface area contributed by atoms with Gasteiger partial charge in [0.05, 0.1) is 11.0 Å². The van der Waals surface area contributed by atoms with E-state index in [0.29, 0.717) is 5.95 Å². The Bertz CT molecular complexity index is 933. The SMILES string of the molecule is CC(c1cc2ccccc2o1)N(C)c1ncc([N+](=O)[O-])c(NC2CC2)n1. The second-order valence-electron chi connectivity index (χ2n) is 6.55. The van der Waals surface area contributed by atoms with Gasteiger partial charge >= 0.3 is 5.69 Å². The minimum atomic E-state index is -0.461. The van der Waals surface area contributed by atoms with Crippen LogP contribution in [0.2, 0.25) is 0 Å². The van der Waals surface area contributed by atoms with Crippen molar-refractivity contribution in [1.82, 2.24) is 9.97 Å². The number of nitro groups is 1. The van der Waals surface area contributed by atoms with Crippen molar-refractivity contribution in [3.8, 4) is 0 Å². The van der Waals surface area contributed by atoms with E-state index in [1.54, 1.807) is 0 Å². The molecule has 4 rings (SSSR count). The summed E-state index contributed by atoms with van der Waals surface area (Å²) in [5.74, 6) is 1.46. The van der Waals surface area contributed by atoms with Crippen LogP contribution in [0.1, 0.15) is 31.6 Å². The molecule has 1 fully saturated rings. The number of nitrogens with one attached hydrogen (secondary N) is 1. The third kappa shape index (κ3) is 3.05. The maximum absolute atomic E-state index is 11.2. The van der Waals surface area contributed by atoms with Crippen LogP contribution < -0.4 is 10.2 Å². The van der Waals surface area contributed by atoms with Gasteiger partial charge in [-0.25, -0.2) is 4.98 Å². The Balaban J connectivity index is 1.63. The zero-order chi connectivity index (χ0) is 18.3. The maximum Gasteiger partial charge on any atom is 0.329 e. The summed E-state index contributed by atoms with van der Waals surface area (Å²) in [5, 5.41) is 15.4. The van der Waals surface area contributed by atoms with E-state index in [1.165, 1.54) is 6.20 Å². The molecule has 3 aromatic rings. The van der Waals surface area contributed by atoms with Crippen molar-refractivity contribution in [1.29, 1.82) is 0 Å². The molecule has 8 heteroatoms. The normalized spacial score (nSPS) is 15.0. The molecule has 0 spiro atoms. The second kappa shape index (κ2) is 6.29. The van der Waals surface area contributed by atoms with Gasteiger partial charge in [0.2, 0.25) is 11.8 Å². The predicted molar refractivity (Wildman–Crippen MR) is 98.4 cm³/mol. The molecule has 2 heterocycles. The maximum atomic E-state index is 11.2. The molecule has 1 aromatic carbocycles. The van der Waals surface area contributed by atoms with Crippen molar-refractivity contribution in [3.05, 3.63) is 52.4 Å². The Labute approximate surface area is 150 Å². The summed E-state index contributed by atoms with van der Waals surface area (Å²) in [6.45, 7) is 1.98. The van der Waals surface area contributed by atoms with Crippen LogP contribution in [0, 0.1) is 10.1 Å². The number of nitrogens with zero attached hydrogens (tertiary/aromatic N) is 4. The lowest BCUT2D eigenvalue weighted by Crippen LogP contribution is -2.24. The number of rotatable bonds is 6. The summed E-state index contributed by atoms with van der Waals surface area (Å²) < 4.78 is 5.92. The topological polar surface area (TPSA) is 97.3 Å². The van der Waals surface area contributed by atoms with Gasteiger partial charge in [0.1, 0.15) is 17.5 Å². The minimum absolute atomic E-state index is 0.106. The van der Waals surface area contributed by atoms with E-state index in [9.17, 15) is 10.1 Å². The number of benzene rings is 1. The molecule has 0 amide bonds. The van der Waals surface area contributed by atoms with Crippen LogP contribution in [0.3, 0.4) is 0 Å². The van der Waals surface area contributed by atoms with Crippen LogP contribution in [0.15, 0.2) is 40.9 Å². The van der Waals surface area contributed by atoms with E-state index in [0.717, 1.165) is 29.6 Å². The first-order valence-electron chi connectivity index (χ1n) is 8.52. The van der Waals surface area contributed by atoms with E-state index in [1.807, 2.05) is 49.2 Å². The third-order valence-corrected chi connectivity index (χ3v) is 4.62. The lowest BCUT2D eigenvalue weighted by atomic mass is 10.2. The lowest BCUT2D eigenvalue weighted by Gasteiger charge is -2.23. The van der Waals surface area contributed by atoms with Gasteiger partial charge < -0.3 is 14.6 Å². The summed E-state index contributed by atoms with van der Waals surface area (Å²) in [6.07, 6.45) is 3.26. The number of anilines is 2. The molecule has 26 heavy (non-hydrogen) atoms. The standard InChI is InChI=1S/C18H19N5O3/c1-11(16-9-12-5-3-4-6-15(12)26-16)22(2)18-19-10-14(23(24)25)17(21-18)20-13-7-8-13/h3-6,9-11,13H,7-8H2,1-2H3,(H,19,20,21). The van der Waals surface area contributed by atoms with Crippen LogP contribution in [0.4, 0.5) is 17.5 Å². The summed E-state index contributed by atoms with van der Waals surface area (Å²) in [7, 11) is 1.85. The Morgan fingerprint density at radius 2 is 2.15 bits per heavy atom. The van der Waals surface area contributed by atoms with Gasteiger partial charge in [-0.3, -0.25) is 10.1 Å². The van der Waals surface area contributed by atoms with Crippen molar-refractivity contribution in [2.24, 2.45) is 0 Å². The largest absolute Gasteiger partial charge is 0.459 e. The van der Waals surface area contributed by atoms with Crippen LogP contribution in [-0.4, -0.2) is 28.0 Å². The van der Waals surface area contributed by atoms with Gasteiger partial charge in [-0.2, -0.15) is 4.98 Å². The molecule has 1 aliphatic rings. The van der Waals surface area contributed by atoms with Gasteiger partial charge in [0, 0.05) is 18.5 Å². The highest BCUT2D eigenvalue weighted by Crippen LogP contribution is 2.32. The molecule has 0 saturated heterocycles. The number of aromatic nitrogens is 2. The second-order valence-corrected chi connectivity index (χ2v) is 6.55. The van der Waals surface area contributed by atoms with E-state index in [4.69, 9.17) is 4.42 Å². The average molecular weight is 353 g/mol. The summed E-state index contributed by atoms with van der Waals surface area (Å²) in [4.78, 5) is 21.2. The van der Waals surface area contributed by atoms with E-state index in [-0.39, 0.29) is 23.6 Å². The van der Waals surface area contributed by atoms with Crippen molar-refractivity contribution in [2.45, 2.75) is 31.8 Å². The minimum Gasteiger partial charge on any atom is -0.459 e. The average Bonchev–Trinajstić information content (AvgIpc) is 3.34. The lowest BCUT2D eigenvalue weighted by molar-refractivity contribution is -0.384. The van der Waals surface area contributed by atoms with Gasteiger partial charge in [-0.1, -0.05) is 18.2 Å². The first-order chi connectivity index (χ1) is 12.5. The highest BCUT2D eigenvalue weighted by molar-refractivity contribution is 5.77. The first kappa shape index (κ1) is 16.3. The Kier molecular flexibility index (Phi) is 3.95. The highest BCUT2D eigenvalue weighted by Gasteiger charge is 2.28. The molecule has 1 saturated carbocycles. The monoisotopic (exact) mass is 353 g/mol. The molecular weight excluding hydrogens is 334 g/mol. The van der Waals surface area contributed by atoms with E-state index >= 15 is 0 Å². The smallest absolute Gasteiger partial charge is 0.329 e. The van der Waals surface area contributed by atoms with Gasteiger partial charge in [0.15, 0.2) is 0 Å². The van der Waals surface area contributed by atoms with Crippen LogP contribution in [0.5, 0.6) is 0 Å². The molecule has 0 bridgehead atoms. The number of hydrogen-bond acceptors (Lipinski definition) is 7. The Morgan fingerprint density at radius 3 is 2.85 bits per heavy atom. The number of furan rings is 1. The van der Waals surface area contributed by atoms with Crippen LogP contribution >= 0.6 is 0 Å². The molecule has 1 N–H and O–H groups in total. The Hall–Kier alpha value is -3.16. The van der Waals surface area contributed by atoms with Gasteiger partial charge in [-0.05, 0) is 31.9 Å².